The van der Waals surface area contributed by atoms with Crippen molar-refractivity contribution in [2.75, 3.05) is 26.3 Å². The monoisotopic (exact) mass is 212 g/mol. The zero-order valence-electron chi connectivity index (χ0n) is 8.69. The Kier molecular flexibility index (Phi) is 3.20. The number of carboxylic acids is 1. The predicted molar refractivity (Wildman–Crippen MR) is 55.1 cm³/mol. The van der Waals surface area contributed by atoms with Crippen molar-refractivity contribution in [1.82, 2.24) is 4.90 Å². The van der Waals surface area contributed by atoms with Crippen molar-refractivity contribution in [2.24, 2.45) is 4.99 Å². The molecule has 0 aromatic heterocycles. The number of amidine groups is 1. The van der Waals surface area contributed by atoms with Gasteiger partial charge < -0.3 is 14.7 Å². The normalized spacial score (nSPS) is 27.3. The number of aliphatic carboxylic acids is 1. The SMILES string of the molecule is O=C(O)C1COCC(N2CCCCC2)=N1. The van der Waals surface area contributed by atoms with Crippen LogP contribution in [0.2, 0.25) is 0 Å². The minimum atomic E-state index is -0.899. The minimum Gasteiger partial charge on any atom is -0.480 e. The van der Waals surface area contributed by atoms with E-state index in [0.717, 1.165) is 31.8 Å². The second-order valence-corrected chi connectivity index (χ2v) is 3.96. The molecule has 84 valence electrons. The molecule has 0 bridgehead atoms. The summed E-state index contributed by atoms with van der Waals surface area (Å²) in [4.78, 5) is 17.2. The lowest BCUT2D eigenvalue weighted by Gasteiger charge is -2.32. The van der Waals surface area contributed by atoms with Crippen molar-refractivity contribution in [3.05, 3.63) is 0 Å². The molecule has 0 saturated carbocycles. The number of carbonyl (C=O) groups is 1. The number of nitrogens with zero attached hydrogens (tertiary/aromatic N) is 2. The molecule has 1 fully saturated rings. The Bertz CT molecular complexity index is 272. The Morgan fingerprint density at radius 3 is 2.80 bits per heavy atom. The summed E-state index contributed by atoms with van der Waals surface area (Å²) in [7, 11) is 0. The fraction of sp³-hybridized carbons (Fsp3) is 0.800. The van der Waals surface area contributed by atoms with Crippen molar-refractivity contribution < 1.29 is 14.6 Å². The average Bonchev–Trinajstić information content (AvgIpc) is 2.30. The Hall–Kier alpha value is -1.10. The Balaban J connectivity index is 2.03. The van der Waals surface area contributed by atoms with Crippen LogP contribution < -0.4 is 0 Å². The maximum Gasteiger partial charge on any atom is 0.330 e. The molecule has 2 aliphatic heterocycles. The molecule has 2 rings (SSSR count). The lowest BCUT2D eigenvalue weighted by molar-refractivity contribution is -0.140. The second kappa shape index (κ2) is 4.61. The first kappa shape index (κ1) is 10.4. The molecule has 0 amide bonds. The largest absolute Gasteiger partial charge is 0.480 e. The van der Waals surface area contributed by atoms with Crippen LogP contribution in [-0.2, 0) is 9.53 Å². The van der Waals surface area contributed by atoms with Crippen LogP contribution in [0.4, 0.5) is 0 Å². The van der Waals surface area contributed by atoms with Crippen LogP contribution in [0.25, 0.3) is 0 Å². The summed E-state index contributed by atoms with van der Waals surface area (Å²) >= 11 is 0. The van der Waals surface area contributed by atoms with Crippen molar-refractivity contribution in [1.29, 1.82) is 0 Å². The lowest BCUT2D eigenvalue weighted by atomic mass is 10.1. The van der Waals surface area contributed by atoms with Crippen LogP contribution in [0.5, 0.6) is 0 Å². The van der Waals surface area contributed by atoms with Gasteiger partial charge in [-0.2, -0.15) is 0 Å². The van der Waals surface area contributed by atoms with Gasteiger partial charge in [0.1, 0.15) is 12.4 Å². The third kappa shape index (κ3) is 2.47. The topological polar surface area (TPSA) is 62.1 Å². The van der Waals surface area contributed by atoms with Crippen molar-refractivity contribution in [2.45, 2.75) is 25.3 Å². The predicted octanol–water partition coefficient (Wildman–Crippen LogP) is 0.354. The Morgan fingerprint density at radius 1 is 1.40 bits per heavy atom. The first-order chi connectivity index (χ1) is 7.27. The molecule has 15 heavy (non-hydrogen) atoms. The average molecular weight is 212 g/mol. The van der Waals surface area contributed by atoms with Crippen LogP contribution in [0.1, 0.15) is 19.3 Å². The van der Waals surface area contributed by atoms with Crippen LogP contribution in [0.15, 0.2) is 4.99 Å². The van der Waals surface area contributed by atoms with Gasteiger partial charge in [-0.25, -0.2) is 4.79 Å². The summed E-state index contributed by atoms with van der Waals surface area (Å²) in [6, 6.07) is -0.712. The van der Waals surface area contributed by atoms with Gasteiger partial charge in [0.15, 0.2) is 6.04 Å². The fourth-order valence-electron chi connectivity index (χ4n) is 1.97. The van der Waals surface area contributed by atoms with E-state index in [1.165, 1.54) is 6.42 Å². The number of carboxylic acid groups (broad SMARTS) is 1. The van der Waals surface area contributed by atoms with Gasteiger partial charge in [0, 0.05) is 13.1 Å². The molecule has 0 aliphatic carbocycles. The highest BCUT2D eigenvalue weighted by Crippen LogP contribution is 2.12. The molecule has 2 aliphatic rings. The van der Waals surface area contributed by atoms with Crippen LogP contribution >= 0.6 is 0 Å². The number of hydrogen-bond donors (Lipinski definition) is 1. The highest BCUT2D eigenvalue weighted by molar-refractivity contribution is 5.87. The molecular weight excluding hydrogens is 196 g/mol. The van der Waals surface area contributed by atoms with Gasteiger partial charge in [0.25, 0.3) is 0 Å². The summed E-state index contributed by atoms with van der Waals surface area (Å²) in [5.41, 5.74) is 0. The zero-order valence-corrected chi connectivity index (χ0v) is 8.69. The molecule has 0 spiro atoms. The van der Waals surface area contributed by atoms with E-state index in [2.05, 4.69) is 9.89 Å². The molecule has 1 atom stereocenters. The van der Waals surface area contributed by atoms with Crippen LogP contribution in [0, 0.1) is 0 Å². The fourth-order valence-corrected chi connectivity index (χ4v) is 1.97. The van der Waals surface area contributed by atoms with Gasteiger partial charge in [0.2, 0.25) is 0 Å². The van der Waals surface area contributed by atoms with E-state index in [-0.39, 0.29) is 6.61 Å². The summed E-state index contributed by atoms with van der Waals surface area (Å²) in [5, 5.41) is 8.85. The Morgan fingerprint density at radius 2 is 2.13 bits per heavy atom. The second-order valence-electron chi connectivity index (χ2n) is 3.96. The number of rotatable bonds is 1. The molecule has 1 saturated heterocycles. The molecule has 0 aromatic rings. The summed E-state index contributed by atoms with van der Waals surface area (Å²) in [6.07, 6.45) is 3.58. The van der Waals surface area contributed by atoms with Gasteiger partial charge in [-0.1, -0.05) is 0 Å². The van der Waals surface area contributed by atoms with Crippen molar-refractivity contribution in [3.63, 3.8) is 0 Å². The molecule has 1 unspecified atom stereocenters. The van der Waals surface area contributed by atoms with Crippen molar-refractivity contribution >= 4 is 11.8 Å². The summed E-state index contributed by atoms with van der Waals surface area (Å²) in [5.74, 6) is -0.0856. The van der Waals surface area contributed by atoms with E-state index >= 15 is 0 Å². The Labute approximate surface area is 88.7 Å². The third-order valence-electron chi connectivity index (χ3n) is 2.82. The van der Waals surface area contributed by atoms with E-state index in [1.54, 1.807) is 0 Å². The minimum absolute atomic E-state index is 0.201. The van der Waals surface area contributed by atoms with Gasteiger partial charge in [-0.3, -0.25) is 4.99 Å². The number of piperidine rings is 1. The summed E-state index contributed by atoms with van der Waals surface area (Å²) in [6.45, 7) is 2.62. The number of hydrogen-bond acceptors (Lipinski definition) is 4. The molecule has 0 radical (unpaired) electrons. The number of aliphatic imine (C=N–C) groups is 1. The molecular formula is C10H16N2O3. The van der Waals surface area contributed by atoms with Gasteiger partial charge in [0.05, 0.1) is 6.61 Å². The van der Waals surface area contributed by atoms with E-state index in [4.69, 9.17) is 9.84 Å². The molecule has 0 aromatic carbocycles. The molecule has 2 heterocycles. The number of ether oxygens (including phenoxy) is 1. The van der Waals surface area contributed by atoms with Crippen LogP contribution in [-0.4, -0.2) is 54.2 Å². The van der Waals surface area contributed by atoms with Gasteiger partial charge in [-0.15, -0.1) is 0 Å². The van der Waals surface area contributed by atoms with Gasteiger partial charge in [-0.05, 0) is 19.3 Å². The van der Waals surface area contributed by atoms with E-state index < -0.39 is 12.0 Å². The molecule has 5 nitrogen and oxygen atoms in total. The van der Waals surface area contributed by atoms with E-state index in [0.29, 0.717) is 6.61 Å². The first-order valence-corrected chi connectivity index (χ1v) is 5.39. The van der Waals surface area contributed by atoms with E-state index in [1.807, 2.05) is 0 Å². The lowest BCUT2D eigenvalue weighted by Crippen LogP contribution is -2.43. The molecule has 1 N–H and O–H groups in total. The van der Waals surface area contributed by atoms with Crippen molar-refractivity contribution in [3.8, 4) is 0 Å². The highest BCUT2D eigenvalue weighted by atomic mass is 16.5. The third-order valence-corrected chi connectivity index (χ3v) is 2.82. The maximum atomic E-state index is 10.8. The quantitative estimate of drug-likeness (QED) is 0.681. The van der Waals surface area contributed by atoms with Crippen LogP contribution in [0.3, 0.4) is 0 Å². The highest BCUT2D eigenvalue weighted by Gasteiger charge is 2.25. The summed E-state index contributed by atoms with van der Waals surface area (Å²) < 4.78 is 5.26. The van der Waals surface area contributed by atoms with Gasteiger partial charge >= 0.3 is 5.97 Å². The van der Waals surface area contributed by atoms with E-state index in [9.17, 15) is 4.79 Å². The number of likely N-dealkylation sites (tertiary alicyclic amines) is 1. The first-order valence-electron chi connectivity index (χ1n) is 5.39. The maximum absolute atomic E-state index is 10.8. The molecule has 5 heteroatoms. The standard InChI is InChI=1S/C10H16N2O3/c13-10(14)8-6-15-7-9(11-8)12-4-2-1-3-5-12/h8H,1-7H2,(H,13,14). The smallest absolute Gasteiger partial charge is 0.330 e. The zero-order chi connectivity index (χ0) is 10.7.